The van der Waals surface area contributed by atoms with Crippen LogP contribution in [-0.4, -0.2) is 34.3 Å². The van der Waals surface area contributed by atoms with Gasteiger partial charge in [0, 0.05) is 24.1 Å². The van der Waals surface area contributed by atoms with E-state index in [1.54, 1.807) is 30.3 Å². The van der Waals surface area contributed by atoms with E-state index in [0.29, 0.717) is 48.9 Å². The Hall–Kier alpha value is -4.23. The number of Topliss-reactive ketones (excluding diaryl/α,β-unsaturated/α-hetero) is 1. The highest BCUT2D eigenvalue weighted by atomic mass is 19.4. The van der Waals surface area contributed by atoms with Crippen LogP contribution in [0.2, 0.25) is 0 Å². The van der Waals surface area contributed by atoms with Crippen molar-refractivity contribution in [2.45, 2.75) is 77.1 Å². The fraction of sp³-hybridized carbons (Fsp3) is 0.350. The molecule has 4 aromatic rings. The summed E-state index contributed by atoms with van der Waals surface area (Å²) >= 11 is 0. The molecule has 1 saturated heterocycles. The van der Waals surface area contributed by atoms with Crippen LogP contribution in [0.1, 0.15) is 92.2 Å². The molecule has 0 spiro atoms. The highest BCUT2D eigenvalue weighted by Crippen LogP contribution is 2.34. The molecule has 1 amide bonds. The lowest BCUT2D eigenvalue weighted by molar-refractivity contribution is -0.137. The number of amides is 1. The van der Waals surface area contributed by atoms with Crippen LogP contribution in [0, 0.1) is 19.8 Å². The zero-order chi connectivity index (χ0) is 33.6. The van der Waals surface area contributed by atoms with Gasteiger partial charge in [-0.2, -0.15) is 13.2 Å². The van der Waals surface area contributed by atoms with E-state index in [1.165, 1.54) is 17.2 Å². The first kappa shape index (κ1) is 34.1. The fourth-order valence-corrected chi connectivity index (χ4v) is 6.59. The van der Waals surface area contributed by atoms with Gasteiger partial charge in [-0.05, 0) is 104 Å². The van der Waals surface area contributed by atoms with Crippen molar-refractivity contribution in [2.75, 3.05) is 6.54 Å². The molecule has 4 aromatic carbocycles. The third kappa shape index (κ3) is 8.77. The number of alkyl halides is 3. The van der Waals surface area contributed by atoms with Gasteiger partial charge in [0.25, 0.3) is 5.91 Å². The van der Waals surface area contributed by atoms with Crippen LogP contribution in [0.5, 0.6) is 0 Å². The lowest BCUT2D eigenvalue weighted by Gasteiger charge is -2.26. The van der Waals surface area contributed by atoms with Crippen LogP contribution in [0.15, 0.2) is 97.1 Å². The van der Waals surface area contributed by atoms with Crippen LogP contribution >= 0.6 is 0 Å². The maximum Gasteiger partial charge on any atom is 0.416 e. The number of likely N-dealkylation sites (tertiary alicyclic amines) is 1. The topological polar surface area (TPSA) is 57.6 Å². The molecular formula is C40H42F3NO3. The monoisotopic (exact) mass is 641 g/mol. The summed E-state index contributed by atoms with van der Waals surface area (Å²) in [6.07, 6.45) is -1.69. The predicted molar refractivity (Wildman–Crippen MR) is 178 cm³/mol. The number of halogens is 3. The number of benzene rings is 4. The van der Waals surface area contributed by atoms with Crippen LogP contribution in [-0.2, 0) is 19.0 Å². The highest BCUT2D eigenvalue weighted by molar-refractivity contribution is 6.01. The number of aliphatic hydroxyl groups excluding tert-OH is 1. The highest BCUT2D eigenvalue weighted by Gasteiger charge is 2.32. The van der Waals surface area contributed by atoms with Gasteiger partial charge < -0.3 is 10.0 Å². The minimum Gasteiger partial charge on any atom is -0.393 e. The van der Waals surface area contributed by atoms with Crippen molar-refractivity contribution in [1.82, 2.24) is 4.90 Å². The summed E-state index contributed by atoms with van der Waals surface area (Å²) in [5.41, 5.74) is 5.27. The van der Waals surface area contributed by atoms with Gasteiger partial charge in [-0.25, -0.2) is 0 Å². The molecule has 1 aliphatic rings. The van der Waals surface area contributed by atoms with Crippen molar-refractivity contribution in [3.05, 3.63) is 142 Å². The van der Waals surface area contributed by atoms with E-state index in [2.05, 4.69) is 32.0 Å². The summed E-state index contributed by atoms with van der Waals surface area (Å²) in [6, 6.07) is 28.1. The molecule has 1 heterocycles. The molecular weight excluding hydrogens is 599 g/mol. The second-order valence-corrected chi connectivity index (χ2v) is 12.8. The lowest BCUT2D eigenvalue weighted by atomic mass is 9.85. The Balaban J connectivity index is 1.27. The number of aryl methyl sites for hydroxylation is 3. The van der Waals surface area contributed by atoms with Gasteiger partial charge in [-0.1, -0.05) is 78.9 Å². The number of hydrogen-bond acceptors (Lipinski definition) is 3. The number of carbonyl (C=O) groups excluding carboxylic acids is 2. The summed E-state index contributed by atoms with van der Waals surface area (Å²) in [7, 11) is 0. The normalized spacial score (nSPS) is 16.2. The van der Waals surface area contributed by atoms with E-state index < -0.39 is 23.8 Å². The van der Waals surface area contributed by atoms with Gasteiger partial charge in [0.1, 0.15) is 0 Å². The molecule has 0 bridgehead atoms. The summed E-state index contributed by atoms with van der Waals surface area (Å²) in [5, 5.41) is 11.3. The molecule has 0 saturated carbocycles. The molecule has 47 heavy (non-hydrogen) atoms. The standard InChI is InChI=1S/C40H42F3NO3/c1-27-19-20-31(22-28(27)2)36-17-9-21-44(36)39(47)33-15-8-14-32(25-33)38(46)26-34(23-29-10-4-3-5-11-29)37(45)18-7-13-30-12-6-16-35(24-30)40(41,42)43/h3-6,8,10-12,14-16,19-20,22,24-25,34,36-37,45H,7,9,13,17-18,21,23,26H2,1-2H3/t34-,36?,37-/m1/s1. The van der Waals surface area contributed by atoms with Crippen LogP contribution < -0.4 is 0 Å². The van der Waals surface area contributed by atoms with Gasteiger partial charge in [-0.3, -0.25) is 9.59 Å². The first-order chi connectivity index (χ1) is 22.5. The number of aliphatic hydroxyl groups is 1. The molecule has 0 radical (unpaired) electrons. The van der Waals surface area contributed by atoms with Gasteiger partial charge in [0.05, 0.1) is 17.7 Å². The summed E-state index contributed by atoms with van der Waals surface area (Å²) in [6.45, 7) is 4.80. The minimum atomic E-state index is -4.41. The van der Waals surface area contributed by atoms with E-state index in [-0.39, 0.29) is 24.2 Å². The maximum absolute atomic E-state index is 13.8. The second-order valence-electron chi connectivity index (χ2n) is 12.8. The van der Waals surface area contributed by atoms with E-state index in [9.17, 15) is 27.9 Å². The average molecular weight is 642 g/mol. The van der Waals surface area contributed by atoms with Gasteiger partial charge >= 0.3 is 6.18 Å². The smallest absolute Gasteiger partial charge is 0.393 e. The Morgan fingerprint density at radius 1 is 0.851 bits per heavy atom. The maximum atomic E-state index is 13.8. The predicted octanol–water partition coefficient (Wildman–Crippen LogP) is 9.12. The second kappa shape index (κ2) is 15.1. The van der Waals surface area contributed by atoms with Crippen LogP contribution in [0.25, 0.3) is 0 Å². The van der Waals surface area contributed by atoms with Crippen molar-refractivity contribution < 1.29 is 27.9 Å². The molecule has 3 atom stereocenters. The van der Waals surface area contributed by atoms with Crippen molar-refractivity contribution in [1.29, 1.82) is 0 Å². The quantitative estimate of drug-likeness (QED) is 0.157. The SMILES string of the molecule is Cc1ccc(C2CCCN2C(=O)c2cccc(C(=O)C[C@@H](Cc3ccccc3)[C@H](O)CCCc3cccc(C(F)(F)F)c3)c2)cc1C. The third-order valence-electron chi connectivity index (χ3n) is 9.41. The summed E-state index contributed by atoms with van der Waals surface area (Å²) in [5.74, 6) is -0.668. The van der Waals surface area contributed by atoms with Gasteiger partial charge in [0.2, 0.25) is 0 Å². The molecule has 4 nitrogen and oxygen atoms in total. The van der Waals surface area contributed by atoms with Crippen molar-refractivity contribution in [3.63, 3.8) is 0 Å². The fourth-order valence-electron chi connectivity index (χ4n) is 6.59. The lowest BCUT2D eigenvalue weighted by Crippen LogP contribution is -2.31. The molecule has 0 aliphatic carbocycles. The Bertz CT molecular complexity index is 1680. The van der Waals surface area contributed by atoms with E-state index >= 15 is 0 Å². The van der Waals surface area contributed by atoms with E-state index in [1.807, 2.05) is 35.2 Å². The zero-order valence-corrected chi connectivity index (χ0v) is 27.0. The van der Waals surface area contributed by atoms with Crippen molar-refractivity contribution in [3.8, 4) is 0 Å². The van der Waals surface area contributed by atoms with E-state index in [4.69, 9.17) is 0 Å². The number of carbonyl (C=O) groups is 2. The molecule has 5 rings (SSSR count). The Kier molecular flexibility index (Phi) is 11.0. The molecule has 246 valence electrons. The molecule has 1 unspecified atom stereocenters. The molecule has 1 fully saturated rings. The number of hydrogen-bond donors (Lipinski definition) is 1. The molecule has 7 heteroatoms. The molecule has 1 aliphatic heterocycles. The minimum absolute atomic E-state index is 0.0116. The molecule has 1 N–H and O–H groups in total. The Morgan fingerprint density at radius 3 is 2.32 bits per heavy atom. The average Bonchev–Trinajstić information content (AvgIpc) is 3.56. The van der Waals surface area contributed by atoms with Gasteiger partial charge in [-0.15, -0.1) is 0 Å². The number of ketones is 1. The largest absolute Gasteiger partial charge is 0.416 e. The zero-order valence-electron chi connectivity index (χ0n) is 27.0. The first-order valence-corrected chi connectivity index (χ1v) is 16.4. The summed E-state index contributed by atoms with van der Waals surface area (Å²) < 4.78 is 39.5. The Morgan fingerprint density at radius 2 is 1.57 bits per heavy atom. The van der Waals surface area contributed by atoms with Crippen molar-refractivity contribution in [2.24, 2.45) is 5.92 Å². The van der Waals surface area contributed by atoms with Crippen LogP contribution in [0.3, 0.4) is 0 Å². The number of nitrogens with zero attached hydrogens (tertiary/aromatic N) is 1. The van der Waals surface area contributed by atoms with Crippen molar-refractivity contribution >= 4 is 11.7 Å². The van der Waals surface area contributed by atoms with E-state index in [0.717, 1.165) is 36.1 Å². The third-order valence-corrected chi connectivity index (χ3v) is 9.41. The van der Waals surface area contributed by atoms with Crippen LogP contribution in [0.4, 0.5) is 13.2 Å². The first-order valence-electron chi connectivity index (χ1n) is 16.4. The van der Waals surface area contributed by atoms with Gasteiger partial charge in [0.15, 0.2) is 5.78 Å². The Labute approximate surface area is 275 Å². The molecule has 0 aromatic heterocycles. The number of rotatable bonds is 12. The summed E-state index contributed by atoms with van der Waals surface area (Å²) in [4.78, 5) is 29.3.